The number of hydrogen-bond acceptors (Lipinski definition) is 2. The molecule has 3 unspecified atom stereocenters. The fourth-order valence-electron chi connectivity index (χ4n) is 3.17. The molecule has 1 N–H and O–H groups in total. The van der Waals surface area contributed by atoms with E-state index in [0.29, 0.717) is 0 Å². The van der Waals surface area contributed by atoms with Crippen molar-refractivity contribution in [3.8, 4) is 0 Å². The first-order valence-electron chi connectivity index (χ1n) is 6.33. The normalized spacial score (nSPS) is 45.6. The molecule has 0 aromatic heterocycles. The quantitative estimate of drug-likeness (QED) is 0.665. The van der Waals surface area contributed by atoms with Crippen LogP contribution in [0.4, 0.5) is 0 Å². The predicted octanol–water partition coefficient (Wildman–Crippen LogP) is 2.58. The number of rotatable bonds is 0. The minimum Gasteiger partial charge on any atom is -0.366 e. The standard InChI is InChI=1S/C13H25NO/c1-10-5-6-13(7-11(10)2)9-14-8-12(3,4)15-13/h10-11,14H,5-9H2,1-4H3. The van der Waals surface area contributed by atoms with Gasteiger partial charge in [0, 0.05) is 13.1 Å². The van der Waals surface area contributed by atoms with E-state index in [1.807, 2.05) is 0 Å². The lowest BCUT2D eigenvalue weighted by Gasteiger charge is -2.50. The van der Waals surface area contributed by atoms with Crippen LogP contribution >= 0.6 is 0 Å². The first-order valence-corrected chi connectivity index (χ1v) is 6.33. The first-order chi connectivity index (χ1) is 6.93. The Bertz CT molecular complexity index is 239. The van der Waals surface area contributed by atoms with Gasteiger partial charge in [0.1, 0.15) is 0 Å². The van der Waals surface area contributed by atoms with Gasteiger partial charge in [0.25, 0.3) is 0 Å². The summed E-state index contributed by atoms with van der Waals surface area (Å²) < 4.78 is 6.36. The molecular formula is C13H25NO. The zero-order chi connectivity index (χ0) is 11.1. The van der Waals surface area contributed by atoms with Gasteiger partial charge in [-0.05, 0) is 44.9 Å². The molecule has 0 bridgehead atoms. The summed E-state index contributed by atoms with van der Waals surface area (Å²) in [5, 5.41) is 3.55. The van der Waals surface area contributed by atoms with Crippen LogP contribution in [0, 0.1) is 11.8 Å². The van der Waals surface area contributed by atoms with Crippen LogP contribution in [0.1, 0.15) is 47.0 Å². The third kappa shape index (κ3) is 2.36. The maximum absolute atomic E-state index is 6.36. The Morgan fingerprint density at radius 1 is 1.13 bits per heavy atom. The average molecular weight is 211 g/mol. The molecule has 1 saturated carbocycles. The van der Waals surface area contributed by atoms with Crippen molar-refractivity contribution in [1.82, 2.24) is 5.32 Å². The molecule has 0 aromatic carbocycles. The van der Waals surface area contributed by atoms with Gasteiger partial charge in [0.2, 0.25) is 0 Å². The molecule has 1 heterocycles. The fourth-order valence-corrected chi connectivity index (χ4v) is 3.17. The van der Waals surface area contributed by atoms with E-state index in [9.17, 15) is 0 Å². The second-order valence-electron chi connectivity index (χ2n) is 6.35. The predicted molar refractivity (Wildman–Crippen MR) is 62.9 cm³/mol. The maximum atomic E-state index is 6.36. The van der Waals surface area contributed by atoms with Crippen LogP contribution in [-0.2, 0) is 4.74 Å². The Hall–Kier alpha value is -0.0800. The molecule has 15 heavy (non-hydrogen) atoms. The second kappa shape index (κ2) is 3.74. The highest BCUT2D eigenvalue weighted by Crippen LogP contribution is 2.41. The summed E-state index contributed by atoms with van der Waals surface area (Å²) in [5.41, 5.74) is 0.145. The van der Waals surface area contributed by atoms with Crippen LogP contribution in [0.5, 0.6) is 0 Å². The van der Waals surface area contributed by atoms with Gasteiger partial charge >= 0.3 is 0 Å². The van der Waals surface area contributed by atoms with Crippen molar-refractivity contribution in [3.63, 3.8) is 0 Å². The van der Waals surface area contributed by atoms with Gasteiger partial charge in [-0.1, -0.05) is 13.8 Å². The molecule has 3 atom stereocenters. The smallest absolute Gasteiger partial charge is 0.0816 e. The van der Waals surface area contributed by atoms with Crippen LogP contribution in [-0.4, -0.2) is 24.3 Å². The highest BCUT2D eigenvalue weighted by molar-refractivity contribution is 4.97. The molecule has 1 aliphatic carbocycles. The SMILES string of the molecule is CC1CCC2(CNCC(C)(C)O2)CC1C. The third-order valence-corrected chi connectivity index (χ3v) is 4.21. The van der Waals surface area contributed by atoms with Gasteiger partial charge in [0.15, 0.2) is 0 Å². The molecule has 2 rings (SSSR count). The summed E-state index contributed by atoms with van der Waals surface area (Å²) in [6.07, 6.45) is 3.78. The number of hydrogen-bond donors (Lipinski definition) is 1. The van der Waals surface area contributed by atoms with E-state index < -0.39 is 0 Å². The van der Waals surface area contributed by atoms with Crippen molar-refractivity contribution in [2.45, 2.75) is 58.2 Å². The van der Waals surface area contributed by atoms with Gasteiger partial charge in [-0.15, -0.1) is 0 Å². The Kier molecular flexibility index (Phi) is 2.85. The Morgan fingerprint density at radius 2 is 1.87 bits per heavy atom. The van der Waals surface area contributed by atoms with Crippen molar-refractivity contribution in [3.05, 3.63) is 0 Å². The van der Waals surface area contributed by atoms with Crippen LogP contribution < -0.4 is 5.32 Å². The topological polar surface area (TPSA) is 21.3 Å². The highest BCUT2D eigenvalue weighted by Gasteiger charge is 2.44. The molecule has 2 heteroatoms. The second-order valence-corrected chi connectivity index (χ2v) is 6.35. The van der Waals surface area contributed by atoms with Crippen LogP contribution in [0.2, 0.25) is 0 Å². The van der Waals surface area contributed by atoms with Crippen molar-refractivity contribution in [2.75, 3.05) is 13.1 Å². The Labute approximate surface area is 93.8 Å². The van der Waals surface area contributed by atoms with Crippen LogP contribution in [0.15, 0.2) is 0 Å². The molecule has 2 aliphatic rings. The molecule has 1 aliphatic heterocycles. The summed E-state index contributed by atoms with van der Waals surface area (Å²) >= 11 is 0. The van der Waals surface area contributed by atoms with Crippen LogP contribution in [0.25, 0.3) is 0 Å². The maximum Gasteiger partial charge on any atom is 0.0816 e. The molecule has 0 amide bonds. The highest BCUT2D eigenvalue weighted by atomic mass is 16.5. The van der Waals surface area contributed by atoms with Gasteiger partial charge in [0.05, 0.1) is 11.2 Å². The summed E-state index contributed by atoms with van der Waals surface area (Å²) in [7, 11) is 0. The molecular weight excluding hydrogens is 186 g/mol. The number of morpholine rings is 1. The molecule has 0 radical (unpaired) electrons. The van der Waals surface area contributed by atoms with E-state index in [4.69, 9.17) is 4.74 Å². The van der Waals surface area contributed by atoms with E-state index in [0.717, 1.165) is 24.9 Å². The molecule has 0 aromatic rings. The summed E-state index contributed by atoms with van der Waals surface area (Å²) in [5.74, 6) is 1.67. The zero-order valence-electron chi connectivity index (χ0n) is 10.6. The van der Waals surface area contributed by atoms with Gasteiger partial charge in [-0.25, -0.2) is 0 Å². The largest absolute Gasteiger partial charge is 0.366 e. The van der Waals surface area contributed by atoms with E-state index in [-0.39, 0.29) is 11.2 Å². The zero-order valence-corrected chi connectivity index (χ0v) is 10.6. The summed E-state index contributed by atoms with van der Waals surface area (Å²) in [4.78, 5) is 0. The minimum absolute atomic E-state index is 0.0124. The lowest BCUT2D eigenvalue weighted by atomic mass is 9.72. The lowest BCUT2D eigenvalue weighted by Crippen LogP contribution is -2.60. The molecule has 2 nitrogen and oxygen atoms in total. The van der Waals surface area contributed by atoms with E-state index >= 15 is 0 Å². The number of nitrogens with one attached hydrogen (secondary N) is 1. The molecule has 2 fully saturated rings. The van der Waals surface area contributed by atoms with Gasteiger partial charge in [-0.2, -0.15) is 0 Å². The van der Waals surface area contributed by atoms with Gasteiger partial charge < -0.3 is 10.1 Å². The van der Waals surface area contributed by atoms with Crippen molar-refractivity contribution < 1.29 is 4.74 Å². The monoisotopic (exact) mass is 211 g/mol. The number of ether oxygens (including phenoxy) is 1. The Morgan fingerprint density at radius 3 is 2.47 bits per heavy atom. The first kappa shape index (κ1) is 11.4. The van der Waals surface area contributed by atoms with Gasteiger partial charge in [-0.3, -0.25) is 0 Å². The van der Waals surface area contributed by atoms with Crippen molar-refractivity contribution in [2.24, 2.45) is 11.8 Å². The fraction of sp³-hybridized carbons (Fsp3) is 1.00. The molecule has 88 valence electrons. The molecule has 1 saturated heterocycles. The summed E-state index contributed by atoms with van der Waals surface area (Å²) in [6, 6.07) is 0. The Balaban J connectivity index is 2.07. The third-order valence-electron chi connectivity index (χ3n) is 4.21. The minimum atomic E-state index is 0.0124. The lowest BCUT2D eigenvalue weighted by molar-refractivity contribution is -0.186. The van der Waals surface area contributed by atoms with Crippen molar-refractivity contribution >= 4 is 0 Å². The summed E-state index contributed by atoms with van der Waals surface area (Å²) in [6.45, 7) is 11.2. The average Bonchev–Trinajstić information content (AvgIpc) is 2.10. The molecule has 1 spiro atoms. The van der Waals surface area contributed by atoms with E-state index in [1.54, 1.807) is 0 Å². The van der Waals surface area contributed by atoms with Crippen molar-refractivity contribution in [1.29, 1.82) is 0 Å². The van der Waals surface area contributed by atoms with Crippen LogP contribution in [0.3, 0.4) is 0 Å². The van der Waals surface area contributed by atoms with E-state index in [2.05, 4.69) is 33.0 Å². The van der Waals surface area contributed by atoms with E-state index in [1.165, 1.54) is 19.3 Å².